The highest BCUT2D eigenvalue weighted by molar-refractivity contribution is 5.94. The number of carbonyl (C=O) groups excluding carboxylic acids is 1. The van der Waals surface area contributed by atoms with Crippen LogP contribution in [0.4, 0.5) is 13.2 Å². The van der Waals surface area contributed by atoms with Crippen molar-refractivity contribution in [3.05, 3.63) is 77.9 Å². The molecule has 0 unspecified atom stereocenters. The third-order valence-electron chi connectivity index (χ3n) is 4.53. The van der Waals surface area contributed by atoms with Gasteiger partial charge in [-0.3, -0.25) is 4.79 Å². The minimum Gasteiger partial charge on any atom is -0.333 e. The summed E-state index contributed by atoms with van der Waals surface area (Å²) < 4.78 is 40.7. The quantitative estimate of drug-likeness (QED) is 0.591. The molecular formula is C21H22F3N5O. The van der Waals surface area contributed by atoms with Crippen LogP contribution in [0.15, 0.2) is 61.2 Å². The third kappa shape index (κ3) is 5.44. The molecular weight excluding hydrogens is 395 g/mol. The van der Waals surface area contributed by atoms with E-state index in [9.17, 15) is 18.0 Å². The number of rotatable bonds is 7. The van der Waals surface area contributed by atoms with Gasteiger partial charge in [-0.1, -0.05) is 12.1 Å². The number of benzene rings is 2. The highest BCUT2D eigenvalue weighted by Gasteiger charge is 2.30. The number of carbonyl (C=O) groups is 1. The molecule has 0 atom stereocenters. The number of halogens is 3. The molecule has 1 amide bonds. The standard InChI is InChI=1S/C21H22F3N5O/c1-27(2)10-11-28(13-16-4-3-5-18(12-16)21(22,23)24)20(30)17-6-8-19(9-7-17)29-15-25-14-26-29/h3-9,12,14-15H,10-11,13H2,1-2H3. The van der Waals surface area contributed by atoms with Crippen LogP contribution in [0.2, 0.25) is 0 Å². The number of hydrogen-bond acceptors (Lipinski definition) is 4. The SMILES string of the molecule is CN(C)CCN(Cc1cccc(C(F)(F)F)c1)C(=O)c1ccc(-n2cncn2)cc1. The van der Waals surface area contributed by atoms with E-state index < -0.39 is 11.7 Å². The van der Waals surface area contributed by atoms with Gasteiger partial charge in [-0.2, -0.15) is 18.3 Å². The number of alkyl halides is 3. The fraction of sp³-hybridized carbons (Fsp3) is 0.286. The number of nitrogens with zero attached hydrogens (tertiary/aromatic N) is 5. The topological polar surface area (TPSA) is 54.3 Å². The van der Waals surface area contributed by atoms with Crippen molar-refractivity contribution in [2.45, 2.75) is 12.7 Å². The van der Waals surface area contributed by atoms with Crippen molar-refractivity contribution in [3.8, 4) is 5.69 Å². The second-order valence-electron chi connectivity index (χ2n) is 7.12. The van der Waals surface area contributed by atoms with Crippen LogP contribution >= 0.6 is 0 Å². The molecule has 3 aromatic rings. The van der Waals surface area contributed by atoms with E-state index >= 15 is 0 Å². The van der Waals surface area contributed by atoms with E-state index in [-0.39, 0.29) is 12.5 Å². The zero-order chi connectivity index (χ0) is 21.7. The van der Waals surface area contributed by atoms with E-state index in [0.717, 1.165) is 17.8 Å². The van der Waals surface area contributed by atoms with Gasteiger partial charge < -0.3 is 9.80 Å². The van der Waals surface area contributed by atoms with Crippen LogP contribution in [0.1, 0.15) is 21.5 Å². The van der Waals surface area contributed by atoms with E-state index in [1.54, 1.807) is 46.2 Å². The summed E-state index contributed by atoms with van der Waals surface area (Å²) in [5.41, 5.74) is 0.903. The number of hydrogen-bond donors (Lipinski definition) is 0. The van der Waals surface area contributed by atoms with Crippen LogP contribution in [0.5, 0.6) is 0 Å². The van der Waals surface area contributed by atoms with Gasteiger partial charge in [0.25, 0.3) is 5.91 Å². The van der Waals surface area contributed by atoms with E-state index in [1.165, 1.54) is 12.4 Å². The fourth-order valence-corrected chi connectivity index (χ4v) is 2.92. The van der Waals surface area contributed by atoms with Gasteiger partial charge in [-0.05, 0) is 56.1 Å². The predicted molar refractivity (Wildman–Crippen MR) is 106 cm³/mol. The zero-order valence-electron chi connectivity index (χ0n) is 16.7. The molecule has 1 aromatic heterocycles. The Hall–Kier alpha value is -3.20. The molecule has 6 nitrogen and oxygen atoms in total. The van der Waals surface area contributed by atoms with E-state index in [1.807, 2.05) is 19.0 Å². The minimum absolute atomic E-state index is 0.0847. The van der Waals surface area contributed by atoms with Gasteiger partial charge in [-0.25, -0.2) is 9.67 Å². The van der Waals surface area contributed by atoms with Gasteiger partial charge in [-0.15, -0.1) is 0 Å². The first-order chi connectivity index (χ1) is 14.2. The van der Waals surface area contributed by atoms with Crippen molar-refractivity contribution < 1.29 is 18.0 Å². The molecule has 1 heterocycles. The average Bonchev–Trinajstić information content (AvgIpc) is 3.25. The Labute approximate surface area is 172 Å². The lowest BCUT2D eigenvalue weighted by Gasteiger charge is -2.25. The van der Waals surface area contributed by atoms with E-state index in [2.05, 4.69) is 10.1 Å². The second-order valence-corrected chi connectivity index (χ2v) is 7.12. The molecule has 0 aliphatic rings. The molecule has 30 heavy (non-hydrogen) atoms. The molecule has 0 aliphatic carbocycles. The molecule has 0 bridgehead atoms. The van der Waals surface area contributed by atoms with Crippen molar-refractivity contribution in [2.75, 3.05) is 27.2 Å². The van der Waals surface area contributed by atoms with Gasteiger partial charge >= 0.3 is 6.18 Å². The van der Waals surface area contributed by atoms with Crippen LogP contribution in [0.25, 0.3) is 5.69 Å². The van der Waals surface area contributed by atoms with Crippen LogP contribution in [0, 0.1) is 0 Å². The molecule has 3 rings (SSSR count). The normalized spacial score (nSPS) is 11.7. The van der Waals surface area contributed by atoms with Crippen molar-refractivity contribution in [2.24, 2.45) is 0 Å². The Balaban J connectivity index is 1.81. The lowest BCUT2D eigenvalue weighted by molar-refractivity contribution is -0.137. The summed E-state index contributed by atoms with van der Waals surface area (Å²) in [6.45, 7) is 1.05. The Morgan fingerprint density at radius 1 is 1.07 bits per heavy atom. The summed E-state index contributed by atoms with van der Waals surface area (Å²) in [6.07, 6.45) is -1.46. The maximum absolute atomic E-state index is 13.1. The molecule has 0 saturated heterocycles. The number of likely N-dealkylation sites (N-methyl/N-ethyl adjacent to an activating group) is 1. The molecule has 158 valence electrons. The van der Waals surface area contributed by atoms with E-state index in [4.69, 9.17) is 0 Å². The molecule has 9 heteroatoms. The summed E-state index contributed by atoms with van der Waals surface area (Å²) >= 11 is 0. The Morgan fingerprint density at radius 2 is 1.80 bits per heavy atom. The van der Waals surface area contributed by atoms with Gasteiger partial charge in [0, 0.05) is 25.2 Å². The maximum Gasteiger partial charge on any atom is 0.416 e. The Kier molecular flexibility index (Phi) is 6.51. The molecule has 0 spiro atoms. The van der Waals surface area contributed by atoms with Crippen LogP contribution in [0.3, 0.4) is 0 Å². The molecule has 0 saturated carbocycles. The smallest absolute Gasteiger partial charge is 0.333 e. The lowest BCUT2D eigenvalue weighted by atomic mass is 10.1. The van der Waals surface area contributed by atoms with Gasteiger partial charge in [0.05, 0.1) is 11.3 Å². The van der Waals surface area contributed by atoms with Crippen molar-refractivity contribution in [1.82, 2.24) is 24.6 Å². The second kappa shape index (κ2) is 9.08. The molecule has 0 radical (unpaired) electrons. The maximum atomic E-state index is 13.1. The highest BCUT2D eigenvalue weighted by Crippen LogP contribution is 2.29. The third-order valence-corrected chi connectivity index (χ3v) is 4.53. The monoisotopic (exact) mass is 417 g/mol. The summed E-state index contributed by atoms with van der Waals surface area (Å²) in [4.78, 5) is 20.5. The first kappa shape index (κ1) is 21.5. The van der Waals surface area contributed by atoms with Crippen molar-refractivity contribution in [3.63, 3.8) is 0 Å². The molecule has 0 aliphatic heterocycles. The summed E-state index contributed by atoms with van der Waals surface area (Å²) in [5, 5.41) is 4.04. The molecule has 0 N–H and O–H groups in total. The lowest BCUT2D eigenvalue weighted by Crippen LogP contribution is -2.36. The first-order valence-electron chi connectivity index (χ1n) is 9.29. The van der Waals surface area contributed by atoms with Gasteiger partial charge in [0.2, 0.25) is 0 Å². The van der Waals surface area contributed by atoms with Gasteiger partial charge in [0.1, 0.15) is 12.7 Å². The predicted octanol–water partition coefficient (Wildman–Crippen LogP) is 3.49. The Morgan fingerprint density at radius 3 is 2.40 bits per heavy atom. The summed E-state index contributed by atoms with van der Waals surface area (Å²) in [5.74, 6) is -0.251. The van der Waals surface area contributed by atoms with Gasteiger partial charge in [0.15, 0.2) is 0 Å². The van der Waals surface area contributed by atoms with Crippen molar-refractivity contribution >= 4 is 5.91 Å². The van der Waals surface area contributed by atoms with E-state index in [0.29, 0.717) is 24.2 Å². The minimum atomic E-state index is -4.42. The van der Waals surface area contributed by atoms with Crippen molar-refractivity contribution in [1.29, 1.82) is 0 Å². The zero-order valence-corrected chi connectivity index (χ0v) is 16.7. The Bertz CT molecular complexity index is 969. The largest absolute Gasteiger partial charge is 0.416 e. The number of amides is 1. The van der Waals surface area contributed by atoms with Crippen LogP contribution < -0.4 is 0 Å². The summed E-state index contributed by atoms with van der Waals surface area (Å²) in [7, 11) is 3.75. The van der Waals surface area contributed by atoms with Crippen LogP contribution in [-0.4, -0.2) is 57.7 Å². The first-order valence-corrected chi connectivity index (χ1v) is 9.29. The number of aromatic nitrogens is 3. The molecule has 2 aromatic carbocycles. The fourth-order valence-electron chi connectivity index (χ4n) is 2.92. The van der Waals surface area contributed by atoms with Crippen LogP contribution in [-0.2, 0) is 12.7 Å². The summed E-state index contributed by atoms with van der Waals surface area (Å²) in [6, 6.07) is 11.9. The average molecular weight is 417 g/mol. The molecule has 0 fully saturated rings. The highest BCUT2D eigenvalue weighted by atomic mass is 19.4.